The van der Waals surface area contributed by atoms with Crippen molar-refractivity contribution in [2.24, 2.45) is 0 Å². The Labute approximate surface area is 129 Å². The number of nitrogens with zero attached hydrogens (tertiary/aromatic N) is 1. The maximum atomic E-state index is 12.8. The van der Waals surface area contributed by atoms with Gasteiger partial charge in [-0.15, -0.1) is 0 Å². The zero-order valence-corrected chi connectivity index (χ0v) is 13.5. The van der Waals surface area contributed by atoms with E-state index in [1.165, 1.54) is 23.5 Å². The number of rotatable bonds is 3. The number of nitrogen functional groups attached to an aromatic ring is 1. The van der Waals surface area contributed by atoms with Gasteiger partial charge in [-0.3, -0.25) is 4.79 Å². The monoisotopic (exact) mass is 331 g/mol. The van der Waals surface area contributed by atoms with Crippen molar-refractivity contribution in [3.63, 3.8) is 0 Å². The average Bonchev–Trinajstić information content (AvgIpc) is 2.91. The van der Waals surface area contributed by atoms with Gasteiger partial charge in [-0.2, -0.15) is 4.31 Å². The van der Waals surface area contributed by atoms with Crippen LogP contribution in [0.15, 0.2) is 17.0 Å². The van der Waals surface area contributed by atoms with Gasteiger partial charge in [0.2, 0.25) is 15.9 Å². The van der Waals surface area contributed by atoms with Crippen molar-refractivity contribution >= 4 is 33.2 Å². The fraction of sp³-hybridized carbons (Fsp3) is 0.462. The zero-order chi connectivity index (χ0) is 15.8. The summed E-state index contributed by atoms with van der Waals surface area (Å²) in [5, 5.41) is 2.61. The third-order valence-electron chi connectivity index (χ3n) is 3.66. The normalized spacial score (nSPS) is 19.7. The number of hydrogen-bond acceptors (Lipinski definition) is 4. The van der Waals surface area contributed by atoms with Gasteiger partial charge in [0.1, 0.15) is 10.9 Å². The van der Waals surface area contributed by atoms with Crippen LogP contribution in [0.5, 0.6) is 0 Å². The van der Waals surface area contributed by atoms with Gasteiger partial charge in [-0.25, -0.2) is 8.42 Å². The molecule has 0 spiro atoms. The summed E-state index contributed by atoms with van der Waals surface area (Å²) in [5.41, 5.74) is 6.85. The van der Waals surface area contributed by atoms with Crippen LogP contribution in [0.2, 0.25) is 5.02 Å². The molecule has 1 saturated heterocycles. The van der Waals surface area contributed by atoms with Crippen LogP contribution in [0.4, 0.5) is 5.69 Å². The fourth-order valence-corrected chi connectivity index (χ4v) is 4.70. The highest BCUT2D eigenvalue weighted by Gasteiger charge is 2.40. The van der Waals surface area contributed by atoms with E-state index in [9.17, 15) is 13.2 Å². The number of hydrogen-bond donors (Lipinski definition) is 2. The lowest BCUT2D eigenvalue weighted by atomic mass is 10.2. The smallest absolute Gasteiger partial charge is 0.245 e. The molecule has 0 aromatic heterocycles. The number of sulfonamides is 1. The van der Waals surface area contributed by atoms with Crippen LogP contribution in [0, 0.1) is 6.92 Å². The summed E-state index contributed by atoms with van der Waals surface area (Å²) in [7, 11) is -2.36. The number of carbonyl (C=O) groups excluding carboxylic acids is 1. The minimum absolute atomic E-state index is 0.0527. The van der Waals surface area contributed by atoms with Crippen molar-refractivity contribution in [3.05, 3.63) is 22.7 Å². The Hall–Kier alpha value is -1.31. The van der Waals surface area contributed by atoms with E-state index in [1.807, 2.05) is 0 Å². The van der Waals surface area contributed by atoms with Crippen LogP contribution in [0.1, 0.15) is 18.4 Å². The molecule has 6 nitrogen and oxygen atoms in total. The van der Waals surface area contributed by atoms with Gasteiger partial charge in [-0.05, 0) is 37.5 Å². The Bertz CT molecular complexity index is 675. The Morgan fingerprint density at radius 1 is 1.48 bits per heavy atom. The predicted octanol–water partition coefficient (Wildman–Crippen LogP) is 1.13. The van der Waals surface area contributed by atoms with E-state index in [1.54, 1.807) is 6.92 Å². The molecule has 1 fully saturated rings. The first kappa shape index (κ1) is 16.1. The molecule has 21 heavy (non-hydrogen) atoms. The number of aryl methyl sites for hydroxylation is 1. The molecule has 8 heteroatoms. The number of halogens is 1. The van der Waals surface area contributed by atoms with Crippen molar-refractivity contribution < 1.29 is 13.2 Å². The van der Waals surface area contributed by atoms with E-state index in [0.717, 1.165) is 0 Å². The lowest BCUT2D eigenvalue weighted by Gasteiger charge is -2.23. The molecule has 1 heterocycles. The SMILES string of the molecule is CNC(=O)C1CCCN1S(=O)(=O)c1cc(N)c(C)cc1Cl. The minimum Gasteiger partial charge on any atom is -0.398 e. The van der Waals surface area contributed by atoms with Crippen molar-refractivity contribution in [3.8, 4) is 0 Å². The number of anilines is 1. The molecule has 1 atom stereocenters. The topological polar surface area (TPSA) is 92.5 Å². The van der Waals surface area contributed by atoms with Gasteiger partial charge in [0.05, 0.1) is 5.02 Å². The zero-order valence-electron chi connectivity index (χ0n) is 11.9. The number of benzene rings is 1. The molecule has 1 unspecified atom stereocenters. The lowest BCUT2D eigenvalue weighted by molar-refractivity contribution is -0.123. The summed E-state index contributed by atoms with van der Waals surface area (Å²) in [5.74, 6) is -0.313. The van der Waals surface area contributed by atoms with Crippen LogP contribution in [0.3, 0.4) is 0 Å². The number of carbonyl (C=O) groups is 1. The van der Waals surface area contributed by atoms with E-state index >= 15 is 0 Å². The third-order valence-corrected chi connectivity index (χ3v) is 6.03. The van der Waals surface area contributed by atoms with Crippen LogP contribution in [-0.4, -0.2) is 38.3 Å². The van der Waals surface area contributed by atoms with Gasteiger partial charge in [-0.1, -0.05) is 11.6 Å². The number of amides is 1. The Kier molecular flexibility index (Phi) is 4.46. The van der Waals surface area contributed by atoms with Crippen LogP contribution in [0.25, 0.3) is 0 Å². The number of nitrogens with two attached hydrogens (primary N) is 1. The maximum Gasteiger partial charge on any atom is 0.245 e. The molecule has 1 aromatic rings. The first-order valence-electron chi connectivity index (χ1n) is 6.58. The first-order valence-corrected chi connectivity index (χ1v) is 8.40. The molecular formula is C13H18ClN3O3S. The molecule has 0 bridgehead atoms. The highest BCUT2D eigenvalue weighted by Crippen LogP contribution is 2.32. The van der Waals surface area contributed by atoms with Crippen LogP contribution < -0.4 is 11.1 Å². The van der Waals surface area contributed by atoms with Gasteiger partial charge in [0, 0.05) is 19.3 Å². The highest BCUT2D eigenvalue weighted by atomic mass is 35.5. The van der Waals surface area contributed by atoms with Crippen molar-refractivity contribution in [2.75, 3.05) is 19.3 Å². The van der Waals surface area contributed by atoms with Crippen molar-refractivity contribution in [2.45, 2.75) is 30.7 Å². The molecule has 1 aliphatic rings. The molecule has 3 N–H and O–H groups in total. The molecule has 0 saturated carbocycles. The average molecular weight is 332 g/mol. The molecule has 1 aliphatic heterocycles. The Morgan fingerprint density at radius 2 is 2.14 bits per heavy atom. The van der Waals surface area contributed by atoms with Crippen molar-refractivity contribution in [1.29, 1.82) is 0 Å². The van der Waals surface area contributed by atoms with Gasteiger partial charge in [0.15, 0.2) is 0 Å². The second-order valence-corrected chi connectivity index (χ2v) is 7.29. The fourth-order valence-electron chi connectivity index (χ4n) is 2.45. The van der Waals surface area contributed by atoms with E-state index in [-0.39, 0.29) is 15.8 Å². The van der Waals surface area contributed by atoms with Crippen molar-refractivity contribution in [1.82, 2.24) is 9.62 Å². The second-order valence-electron chi connectivity index (χ2n) is 5.03. The maximum absolute atomic E-state index is 12.8. The molecule has 1 aromatic carbocycles. The lowest BCUT2D eigenvalue weighted by Crippen LogP contribution is -2.44. The first-order chi connectivity index (χ1) is 9.78. The summed E-state index contributed by atoms with van der Waals surface area (Å²) in [6.45, 7) is 2.05. The Morgan fingerprint density at radius 3 is 2.76 bits per heavy atom. The minimum atomic E-state index is -3.85. The van der Waals surface area contributed by atoms with Gasteiger partial charge in [0.25, 0.3) is 0 Å². The molecule has 0 aliphatic carbocycles. The molecule has 1 amide bonds. The number of likely N-dealkylation sites (N-methyl/N-ethyl adjacent to an activating group) is 1. The van der Waals surface area contributed by atoms with Gasteiger partial charge < -0.3 is 11.1 Å². The predicted molar refractivity (Wildman–Crippen MR) is 81.6 cm³/mol. The third kappa shape index (κ3) is 2.86. The second kappa shape index (κ2) is 5.82. The van der Waals surface area contributed by atoms with Crippen LogP contribution >= 0.6 is 11.6 Å². The largest absolute Gasteiger partial charge is 0.398 e. The van der Waals surface area contributed by atoms with Crippen LogP contribution in [-0.2, 0) is 14.8 Å². The number of nitrogens with one attached hydrogen (secondary N) is 1. The summed E-state index contributed by atoms with van der Waals surface area (Å²) in [6.07, 6.45) is 1.13. The van der Waals surface area contributed by atoms with E-state index in [0.29, 0.717) is 30.6 Å². The summed E-state index contributed by atoms with van der Waals surface area (Å²) >= 11 is 6.06. The quantitative estimate of drug-likeness (QED) is 0.812. The van der Waals surface area contributed by atoms with E-state index < -0.39 is 16.1 Å². The summed E-state index contributed by atoms with van der Waals surface area (Å²) in [4.78, 5) is 11.8. The highest BCUT2D eigenvalue weighted by molar-refractivity contribution is 7.89. The molecule has 2 rings (SSSR count). The molecular weight excluding hydrogens is 314 g/mol. The summed E-state index contributed by atoms with van der Waals surface area (Å²) in [6, 6.07) is 2.18. The van der Waals surface area contributed by atoms with Gasteiger partial charge >= 0.3 is 0 Å². The summed E-state index contributed by atoms with van der Waals surface area (Å²) < 4.78 is 26.7. The standard InChI is InChI=1S/C13H18ClN3O3S/c1-8-6-9(14)12(7-10(8)15)21(19,20)17-5-3-4-11(17)13(18)16-2/h6-7,11H,3-5,15H2,1-2H3,(H,16,18). The van der Waals surface area contributed by atoms with E-state index in [4.69, 9.17) is 17.3 Å². The van der Waals surface area contributed by atoms with E-state index in [2.05, 4.69) is 5.32 Å². The Balaban J connectivity index is 2.47. The molecule has 0 radical (unpaired) electrons. The molecule has 116 valence electrons.